The number of Topliss-reactive ketones (excluding diaryl/α,β-unsaturated/α-hetero) is 1. The minimum absolute atomic E-state index is 0.0232. The number of rotatable bonds is 6. The number of likely N-dealkylation sites (tertiary alicyclic amines) is 1. The Balaban J connectivity index is 1.55. The summed E-state index contributed by atoms with van der Waals surface area (Å²) in [7, 11) is 0. The Labute approximate surface area is 194 Å². The second kappa shape index (κ2) is 8.65. The molecule has 1 aromatic carbocycles. The fourth-order valence-electron chi connectivity index (χ4n) is 5.54. The molecule has 2 aliphatic heterocycles. The van der Waals surface area contributed by atoms with E-state index in [9.17, 15) is 14.4 Å². The monoisotopic (exact) mass is 475 g/mol. The van der Waals surface area contributed by atoms with Gasteiger partial charge in [0.2, 0.25) is 5.43 Å². The van der Waals surface area contributed by atoms with Gasteiger partial charge in [-0.25, -0.2) is 13.6 Å². The molecule has 0 spiro atoms. The van der Waals surface area contributed by atoms with Gasteiger partial charge in [-0.15, -0.1) is 0 Å². The van der Waals surface area contributed by atoms with Gasteiger partial charge >= 0.3 is 6.16 Å². The van der Waals surface area contributed by atoms with Crippen LogP contribution in [0.3, 0.4) is 0 Å². The van der Waals surface area contributed by atoms with Crippen molar-refractivity contribution < 1.29 is 28.2 Å². The zero-order valence-corrected chi connectivity index (χ0v) is 18.9. The number of anilines is 1. The topological polar surface area (TPSA) is 92.1 Å². The standard InChI is InChI=1S/C24H27F2N3O5/c1-13(30)6-8-27-7-2-3-14-10-28(11-18(14)27)22-17(25)9-16-21(20(22)26)29(15-4-5-15)12-19(23(16)31)34-24(32)33/h9,12,14-15,18H,2-8,10-11H2,1H3,(H,32,33)/t14-,18+/m0/s1. The number of aromatic nitrogens is 1. The summed E-state index contributed by atoms with van der Waals surface area (Å²) in [6.07, 6.45) is 3.43. The van der Waals surface area contributed by atoms with Crippen LogP contribution in [0.15, 0.2) is 17.1 Å². The molecule has 2 atom stereocenters. The molecule has 5 rings (SSSR count). The lowest BCUT2D eigenvalue weighted by molar-refractivity contribution is -0.117. The van der Waals surface area contributed by atoms with Crippen LogP contribution in [-0.2, 0) is 4.79 Å². The molecule has 0 bridgehead atoms. The van der Waals surface area contributed by atoms with Gasteiger partial charge in [0.15, 0.2) is 11.6 Å². The van der Waals surface area contributed by atoms with Crippen molar-refractivity contribution in [1.82, 2.24) is 9.47 Å². The minimum atomic E-state index is -1.66. The molecule has 1 aromatic heterocycles. The maximum Gasteiger partial charge on any atom is 0.511 e. The van der Waals surface area contributed by atoms with Crippen LogP contribution < -0.4 is 15.1 Å². The number of piperidine rings is 1. The summed E-state index contributed by atoms with van der Waals surface area (Å²) in [5.74, 6) is -1.77. The molecule has 3 heterocycles. The number of hydrogen-bond donors (Lipinski definition) is 1. The Kier molecular flexibility index (Phi) is 5.79. The van der Waals surface area contributed by atoms with Crippen LogP contribution in [-0.4, -0.2) is 58.7 Å². The van der Waals surface area contributed by atoms with Gasteiger partial charge in [-0.05, 0) is 51.1 Å². The zero-order valence-electron chi connectivity index (χ0n) is 18.9. The molecule has 2 aromatic rings. The van der Waals surface area contributed by atoms with E-state index in [1.165, 1.54) is 10.8 Å². The first-order chi connectivity index (χ1) is 16.2. The maximum absolute atomic E-state index is 16.0. The van der Waals surface area contributed by atoms with E-state index in [0.717, 1.165) is 38.3 Å². The predicted molar refractivity (Wildman–Crippen MR) is 121 cm³/mol. The molecule has 3 fully saturated rings. The number of nitrogens with zero attached hydrogens (tertiary/aromatic N) is 3. The average Bonchev–Trinajstić information content (AvgIpc) is 3.52. The number of fused-ring (bicyclic) bond motifs is 2. The van der Waals surface area contributed by atoms with Crippen LogP contribution in [0.5, 0.6) is 5.75 Å². The number of carboxylic acid groups (broad SMARTS) is 1. The van der Waals surface area contributed by atoms with Crippen LogP contribution in [0.1, 0.15) is 45.1 Å². The lowest BCUT2D eigenvalue weighted by Crippen LogP contribution is -2.45. The van der Waals surface area contributed by atoms with Gasteiger partial charge in [0.25, 0.3) is 0 Å². The molecule has 0 amide bonds. The molecule has 2 saturated heterocycles. The molecule has 0 unspecified atom stereocenters. The highest BCUT2D eigenvalue weighted by atomic mass is 19.1. The number of halogens is 2. The second-order valence-electron chi connectivity index (χ2n) is 9.61. The molecular formula is C24H27F2N3O5. The number of carbonyl (C=O) groups is 2. The molecule has 34 heavy (non-hydrogen) atoms. The molecule has 10 heteroatoms. The first-order valence-electron chi connectivity index (χ1n) is 11.7. The van der Waals surface area contributed by atoms with Crippen LogP contribution in [0.4, 0.5) is 19.3 Å². The fourth-order valence-corrected chi connectivity index (χ4v) is 5.54. The summed E-state index contributed by atoms with van der Waals surface area (Å²) in [6, 6.07) is 1.01. The van der Waals surface area contributed by atoms with E-state index in [-0.39, 0.29) is 40.4 Å². The number of ketones is 1. The van der Waals surface area contributed by atoms with Crippen LogP contribution >= 0.6 is 0 Å². The van der Waals surface area contributed by atoms with Gasteiger partial charge < -0.3 is 19.3 Å². The van der Waals surface area contributed by atoms with Crippen molar-refractivity contribution >= 4 is 28.5 Å². The van der Waals surface area contributed by atoms with Crippen LogP contribution in [0.25, 0.3) is 10.9 Å². The quantitative estimate of drug-likeness (QED) is 0.639. The summed E-state index contributed by atoms with van der Waals surface area (Å²) < 4.78 is 37.4. The summed E-state index contributed by atoms with van der Waals surface area (Å²) in [6.45, 7) is 4.00. The summed E-state index contributed by atoms with van der Waals surface area (Å²) in [5.41, 5.74) is -1.04. The smallest absolute Gasteiger partial charge is 0.449 e. The Morgan fingerprint density at radius 3 is 2.65 bits per heavy atom. The Morgan fingerprint density at radius 1 is 1.21 bits per heavy atom. The minimum Gasteiger partial charge on any atom is -0.449 e. The van der Waals surface area contributed by atoms with Crippen molar-refractivity contribution in [2.24, 2.45) is 5.92 Å². The second-order valence-corrected chi connectivity index (χ2v) is 9.61. The molecule has 1 N–H and O–H groups in total. The molecule has 182 valence electrons. The molecule has 0 radical (unpaired) electrons. The van der Waals surface area contributed by atoms with E-state index in [1.807, 2.05) is 0 Å². The van der Waals surface area contributed by atoms with Crippen LogP contribution in [0, 0.1) is 17.6 Å². The van der Waals surface area contributed by atoms with Crippen molar-refractivity contribution in [2.75, 3.05) is 31.1 Å². The Bertz CT molecular complexity index is 1230. The third-order valence-corrected chi connectivity index (χ3v) is 7.25. The Morgan fingerprint density at radius 2 is 1.97 bits per heavy atom. The number of carbonyl (C=O) groups excluding carboxylic acids is 1. The Hall–Kier alpha value is -3.01. The zero-order chi connectivity index (χ0) is 24.1. The number of hydrogen-bond acceptors (Lipinski definition) is 6. The largest absolute Gasteiger partial charge is 0.511 e. The van der Waals surface area contributed by atoms with Crippen molar-refractivity contribution in [3.63, 3.8) is 0 Å². The number of pyridine rings is 1. The highest BCUT2D eigenvalue weighted by Gasteiger charge is 2.41. The van der Waals surface area contributed by atoms with E-state index < -0.39 is 29.0 Å². The van der Waals surface area contributed by atoms with Crippen molar-refractivity contribution in [3.05, 3.63) is 34.1 Å². The highest BCUT2D eigenvalue weighted by molar-refractivity contribution is 5.86. The van der Waals surface area contributed by atoms with Gasteiger partial charge in [-0.2, -0.15) is 0 Å². The summed E-state index contributed by atoms with van der Waals surface area (Å²) in [4.78, 5) is 39.2. The predicted octanol–water partition coefficient (Wildman–Crippen LogP) is 3.55. The van der Waals surface area contributed by atoms with Crippen molar-refractivity contribution in [1.29, 1.82) is 0 Å². The number of benzene rings is 1. The lowest BCUT2D eigenvalue weighted by Gasteiger charge is -2.36. The SMILES string of the molecule is CC(=O)CCN1CCC[C@H]2CN(c3c(F)cc4c(=O)c(OC(=O)O)cn(C5CC5)c4c3F)C[C@H]21. The molecular weight excluding hydrogens is 448 g/mol. The third-order valence-electron chi connectivity index (χ3n) is 7.25. The summed E-state index contributed by atoms with van der Waals surface area (Å²) in [5, 5.41) is 8.72. The van der Waals surface area contributed by atoms with E-state index in [0.29, 0.717) is 26.1 Å². The van der Waals surface area contributed by atoms with Crippen LogP contribution in [0.2, 0.25) is 0 Å². The van der Waals surface area contributed by atoms with E-state index in [4.69, 9.17) is 5.11 Å². The molecule has 1 saturated carbocycles. The fraction of sp³-hybridized carbons (Fsp3) is 0.542. The normalized spacial score (nSPS) is 22.7. The average molecular weight is 475 g/mol. The molecule has 1 aliphatic carbocycles. The number of ether oxygens (including phenoxy) is 1. The van der Waals surface area contributed by atoms with E-state index >= 15 is 8.78 Å². The van der Waals surface area contributed by atoms with E-state index in [2.05, 4.69) is 9.64 Å². The maximum atomic E-state index is 16.0. The van der Waals surface area contributed by atoms with Crippen molar-refractivity contribution in [2.45, 2.75) is 51.1 Å². The lowest BCUT2D eigenvalue weighted by atomic mass is 9.92. The van der Waals surface area contributed by atoms with Gasteiger partial charge in [-0.3, -0.25) is 14.5 Å². The molecule has 8 nitrogen and oxygen atoms in total. The van der Waals surface area contributed by atoms with Gasteiger partial charge in [-0.1, -0.05) is 0 Å². The van der Waals surface area contributed by atoms with Gasteiger partial charge in [0.1, 0.15) is 17.3 Å². The third kappa shape index (κ3) is 4.04. The summed E-state index contributed by atoms with van der Waals surface area (Å²) >= 11 is 0. The first kappa shape index (κ1) is 22.8. The van der Waals surface area contributed by atoms with Crippen molar-refractivity contribution in [3.8, 4) is 5.75 Å². The van der Waals surface area contributed by atoms with Gasteiger partial charge in [0, 0.05) is 38.1 Å². The first-order valence-corrected chi connectivity index (χ1v) is 11.7. The van der Waals surface area contributed by atoms with Gasteiger partial charge in [0.05, 0.1) is 17.1 Å². The molecule has 3 aliphatic rings. The van der Waals surface area contributed by atoms with E-state index in [1.54, 1.807) is 11.8 Å². The highest BCUT2D eigenvalue weighted by Crippen LogP contribution is 2.42.